The van der Waals surface area contributed by atoms with Crippen LogP contribution in [0.2, 0.25) is 0 Å². The van der Waals surface area contributed by atoms with Gasteiger partial charge in [-0.25, -0.2) is 8.42 Å². The van der Waals surface area contributed by atoms with Gasteiger partial charge in [0.1, 0.15) is 11.8 Å². The minimum atomic E-state index is -3.59. The molecule has 0 radical (unpaired) electrons. The number of carbonyl (C=O) groups excluding carboxylic acids is 1. The zero-order valence-electron chi connectivity index (χ0n) is 14.9. The van der Waals surface area contributed by atoms with E-state index in [4.69, 9.17) is 4.74 Å². The van der Waals surface area contributed by atoms with Crippen LogP contribution in [0, 0.1) is 11.8 Å². The van der Waals surface area contributed by atoms with E-state index in [1.165, 1.54) is 17.1 Å². The molecule has 1 aromatic carbocycles. The monoisotopic (exact) mass is 366 g/mol. The third-order valence-electron chi connectivity index (χ3n) is 5.48. The fraction of sp³-hybridized carbons (Fsp3) is 0.611. The molecule has 138 valence electrons. The first kappa shape index (κ1) is 18.0. The second kappa shape index (κ2) is 6.86. The molecule has 0 unspecified atom stereocenters. The van der Waals surface area contributed by atoms with Crippen molar-refractivity contribution in [1.29, 1.82) is 0 Å². The summed E-state index contributed by atoms with van der Waals surface area (Å²) in [6.07, 6.45) is 5.75. The van der Waals surface area contributed by atoms with Gasteiger partial charge in [-0.3, -0.25) is 9.10 Å². The maximum Gasteiger partial charge on any atom is 0.243 e. The van der Waals surface area contributed by atoms with E-state index >= 15 is 0 Å². The molecule has 0 aliphatic heterocycles. The van der Waals surface area contributed by atoms with Gasteiger partial charge in [0.25, 0.3) is 0 Å². The Balaban J connectivity index is 1.76. The van der Waals surface area contributed by atoms with E-state index in [-0.39, 0.29) is 11.9 Å². The molecular formula is C18H26N2O4S. The molecule has 0 saturated heterocycles. The van der Waals surface area contributed by atoms with E-state index in [0.717, 1.165) is 25.0 Å². The van der Waals surface area contributed by atoms with Gasteiger partial charge in [0, 0.05) is 6.04 Å². The van der Waals surface area contributed by atoms with Crippen molar-refractivity contribution in [2.45, 2.75) is 44.7 Å². The lowest BCUT2D eigenvalue weighted by Crippen LogP contribution is -2.51. The number of anilines is 1. The van der Waals surface area contributed by atoms with Gasteiger partial charge in [0.2, 0.25) is 15.9 Å². The van der Waals surface area contributed by atoms with Crippen LogP contribution in [0.3, 0.4) is 0 Å². The second-order valence-electron chi connectivity index (χ2n) is 7.22. The molecule has 1 aromatic rings. The molecule has 1 amide bonds. The van der Waals surface area contributed by atoms with E-state index in [1.54, 1.807) is 38.3 Å². The first-order valence-corrected chi connectivity index (χ1v) is 10.6. The van der Waals surface area contributed by atoms with Crippen molar-refractivity contribution in [2.75, 3.05) is 17.7 Å². The molecule has 6 nitrogen and oxygen atoms in total. The van der Waals surface area contributed by atoms with Crippen molar-refractivity contribution >= 4 is 21.6 Å². The highest BCUT2D eigenvalue weighted by molar-refractivity contribution is 7.92. The maximum absolute atomic E-state index is 12.7. The zero-order valence-corrected chi connectivity index (χ0v) is 15.8. The lowest BCUT2D eigenvalue weighted by Gasteiger charge is -2.31. The standard InChI is InChI=1S/C18H26N2O4S/c1-12(18(21)19-17-11-13-4-5-14(17)10-13)20(25(3,22)23)15-6-8-16(24-2)9-7-15/h6-9,12-14,17H,4-5,10-11H2,1-3H3,(H,19,21)/t12-,13+,14+,17-/m1/s1. The number of methoxy groups -OCH3 is 1. The quantitative estimate of drug-likeness (QED) is 0.837. The van der Waals surface area contributed by atoms with Gasteiger partial charge in [-0.1, -0.05) is 6.42 Å². The summed E-state index contributed by atoms with van der Waals surface area (Å²) in [4.78, 5) is 12.7. The Kier molecular flexibility index (Phi) is 4.95. The van der Waals surface area contributed by atoms with Crippen molar-refractivity contribution in [3.8, 4) is 5.75 Å². The molecule has 7 heteroatoms. The highest BCUT2D eigenvalue weighted by atomic mass is 32.2. The van der Waals surface area contributed by atoms with Crippen LogP contribution < -0.4 is 14.4 Å². The van der Waals surface area contributed by atoms with E-state index in [0.29, 0.717) is 17.4 Å². The van der Waals surface area contributed by atoms with Crippen LogP contribution in [0.5, 0.6) is 5.75 Å². The number of nitrogens with one attached hydrogen (secondary N) is 1. The fourth-order valence-electron chi connectivity index (χ4n) is 4.26. The zero-order chi connectivity index (χ0) is 18.2. The smallest absolute Gasteiger partial charge is 0.243 e. The molecule has 25 heavy (non-hydrogen) atoms. The summed E-state index contributed by atoms with van der Waals surface area (Å²) in [6, 6.07) is 6.07. The van der Waals surface area contributed by atoms with Gasteiger partial charge in [-0.2, -0.15) is 0 Å². The number of rotatable bonds is 6. The third-order valence-corrected chi connectivity index (χ3v) is 6.72. The Labute approximate surface area is 149 Å². The topological polar surface area (TPSA) is 75.7 Å². The van der Waals surface area contributed by atoms with E-state index in [2.05, 4.69) is 5.32 Å². The molecule has 1 N–H and O–H groups in total. The van der Waals surface area contributed by atoms with Crippen molar-refractivity contribution in [3.05, 3.63) is 24.3 Å². The summed E-state index contributed by atoms with van der Waals surface area (Å²) >= 11 is 0. The Bertz CT molecular complexity index is 732. The van der Waals surface area contributed by atoms with Crippen molar-refractivity contribution < 1.29 is 17.9 Å². The number of hydrogen-bond acceptors (Lipinski definition) is 4. The summed E-state index contributed by atoms with van der Waals surface area (Å²) in [7, 11) is -2.04. The molecule has 2 saturated carbocycles. The summed E-state index contributed by atoms with van der Waals surface area (Å²) in [5, 5.41) is 3.09. The van der Waals surface area contributed by atoms with E-state index in [9.17, 15) is 13.2 Å². The first-order chi connectivity index (χ1) is 11.8. The molecule has 0 heterocycles. The highest BCUT2D eigenvalue weighted by Crippen LogP contribution is 2.44. The predicted molar refractivity (Wildman–Crippen MR) is 97.2 cm³/mol. The SMILES string of the molecule is COc1ccc(N([C@H](C)C(=O)N[C@@H]2C[C@H]3CC[C@H]2C3)S(C)(=O)=O)cc1. The molecule has 3 rings (SSSR count). The van der Waals surface area contributed by atoms with E-state index < -0.39 is 16.1 Å². The Morgan fingerprint density at radius 3 is 2.40 bits per heavy atom. The van der Waals surface area contributed by atoms with Gasteiger partial charge in [-0.15, -0.1) is 0 Å². The van der Waals surface area contributed by atoms with Crippen LogP contribution in [0.1, 0.15) is 32.6 Å². The predicted octanol–water partition coefficient (Wildman–Crippen LogP) is 2.15. The molecule has 2 bridgehead atoms. The number of benzene rings is 1. The molecule has 0 spiro atoms. The second-order valence-corrected chi connectivity index (χ2v) is 9.08. The molecule has 2 aliphatic carbocycles. The van der Waals surface area contributed by atoms with Crippen LogP contribution in [0.15, 0.2) is 24.3 Å². The van der Waals surface area contributed by atoms with Crippen LogP contribution >= 0.6 is 0 Å². The Morgan fingerprint density at radius 2 is 1.92 bits per heavy atom. The average Bonchev–Trinajstić information content (AvgIpc) is 3.17. The molecule has 2 fully saturated rings. The van der Waals surface area contributed by atoms with Crippen LogP contribution in [0.25, 0.3) is 0 Å². The highest BCUT2D eigenvalue weighted by Gasteiger charge is 2.41. The molecule has 2 aliphatic rings. The lowest BCUT2D eigenvalue weighted by molar-refractivity contribution is -0.122. The summed E-state index contributed by atoms with van der Waals surface area (Å²) in [5.41, 5.74) is 0.457. The number of carbonyl (C=O) groups is 1. The Morgan fingerprint density at radius 1 is 1.24 bits per heavy atom. The number of fused-ring (bicyclic) bond motifs is 2. The lowest BCUT2D eigenvalue weighted by atomic mass is 9.95. The van der Waals surface area contributed by atoms with Crippen LogP contribution in [-0.4, -0.2) is 39.8 Å². The number of sulfonamides is 1. The number of nitrogens with zero attached hydrogens (tertiary/aromatic N) is 1. The number of amides is 1. The average molecular weight is 366 g/mol. The first-order valence-electron chi connectivity index (χ1n) is 8.73. The van der Waals surface area contributed by atoms with Gasteiger partial charge in [-0.05, 0) is 62.3 Å². The minimum Gasteiger partial charge on any atom is -0.497 e. The largest absolute Gasteiger partial charge is 0.497 e. The minimum absolute atomic E-state index is 0.186. The van der Waals surface area contributed by atoms with Gasteiger partial charge < -0.3 is 10.1 Å². The fourth-order valence-corrected chi connectivity index (χ4v) is 5.44. The summed E-state index contributed by atoms with van der Waals surface area (Å²) in [6.45, 7) is 1.63. The molecule has 0 aromatic heterocycles. The molecule has 4 atom stereocenters. The summed E-state index contributed by atoms with van der Waals surface area (Å²) < 4.78 is 30.9. The van der Waals surface area contributed by atoms with Crippen LogP contribution in [-0.2, 0) is 14.8 Å². The van der Waals surface area contributed by atoms with Crippen molar-refractivity contribution in [3.63, 3.8) is 0 Å². The summed E-state index contributed by atoms with van der Waals surface area (Å²) in [5.74, 6) is 1.67. The van der Waals surface area contributed by atoms with Gasteiger partial charge >= 0.3 is 0 Å². The number of hydrogen-bond donors (Lipinski definition) is 1. The Hall–Kier alpha value is -1.76. The third kappa shape index (κ3) is 3.76. The van der Waals surface area contributed by atoms with E-state index in [1.807, 2.05) is 0 Å². The van der Waals surface area contributed by atoms with Crippen molar-refractivity contribution in [1.82, 2.24) is 5.32 Å². The van der Waals surface area contributed by atoms with Gasteiger partial charge in [0.05, 0.1) is 19.1 Å². The molecular weight excluding hydrogens is 340 g/mol. The van der Waals surface area contributed by atoms with Crippen LogP contribution in [0.4, 0.5) is 5.69 Å². The van der Waals surface area contributed by atoms with Crippen molar-refractivity contribution in [2.24, 2.45) is 11.8 Å². The maximum atomic E-state index is 12.7. The van der Waals surface area contributed by atoms with Gasteiger partial charge in [0.15, 0.2) is 0 Å². The normalized spacial score (nSPS) is 26.3. The number of ether oxygens (including phenoxy) is 1.